The fraction of sp³-hybridized carbons (Fsp3) is 0.364. The number of halogens is 3. The molecule has 1 N–H and O–H groups in total. The second kappa shape index (κ2) is 5.86. The van der Waals surface area contributed by atoms with Crippen LogP contribution in [-0.4, -0.2) is 19.8 Å². The molecule has 0 unspecified atom stereocenters. The normalized spacial score (nSPS) is 18.4. The summed E-state index contributed by atoms with van der Waals surface area (Å²) in [5.41, 5.74) is -0.194. The maximum Gasteiger partial charge on any atom is 0.407 e. The number of rotatable bonds is 2. The third kappa shape index (κ3) is 2.64. The molecule has 1 aliphatic heterocycles. The summed E-state index contributed by atoms with van der Waals surface area (Å²) < 4.78 is 36.9. The number of carbonyl (C=O) groups excluding carboxylic acids is 1. The van der Waals surface area contributed by atoms with E-state index in [4.69, 9.17) is 4.74 Å². The van der Waals surface area contributed by atoms with Crippen molar-refractivity contribution in [2.75, 3.05) is 13.7 Å². The molecule has 4 nitrogen and oxygen atoms in total. The second-order valence-electron chi connectivity index (χ2n) is 3.60. The van der Waals surface area contributed by atoms with Crippen LogP contribution in [0.15, 0.2) is 12.1 Å². The van der Waals surface area contributed by atoms with Crippen molar-refractivity contribution in [3.05, 3.63) is 29.3 Å². The van der Waals surface area contributed by atoms with Crippen molar-refractivity contribution < 1.29 is 23.0 Å². The van der Waals surface area contributed by atoms with E-state index < -0.39 is 23.8 Å². The zero-order chi connectivity index (χ0) is 12.4. The van der Waals surface area contributed by atoms with Gasteiger partial charge >= 0.3 is 6.09 Å². The minimum absolute atomic E-state index is 0. The zero-order valence-electron chi connectivity index (χ0n) is 9.54. The summed E-state index contributed by atoms with van der Waals surface area (Å²) in [7, 11) is 1.29. The van der Waals surface area contributed by atoms with Crippen LogP contribution in [0.25, 0.3) is 0 Å². The Morgan fingerprint density at radius 1 is 1.44 bits per heavy atom. The lowest BCUT2D eigenvalue weighted by Gasteiger charge is -2.24. The van der Waals surface area contributed by atoms with Crippen LogP contribution in [0.2, 0.25) is 0 Å². The first kappa shape index (κ1) is 14.5. The minimum atomic E-state index is -0.792. The molecule has 0 saturated carbocycles. The van der Waals surface area contributed by atoms with Crippen LogP contribution in [0.4, 0.5) is 13.6 Å². The number of nitrogens with one attached hydrogen (secondary N) is 1. The monoisotopic (exact) mass is 279 g/mol. The Kier molecular flexibility index (Phi) is 4.72. The van der Waals surface area contributed by atoms with Crippen molar-refractivity contribution in [1.82, 2.24) is 5.32 Å². The maximum atomic E-state index is 13.9. The van der Waals surface area contributed by atoms with Gasteiger partial charge in [0.05, 0.1) is 19.8 Å². The van der Waals surface area contributed by atoms with Gasteiger partial charge in [0.15, 0.2) is 11.6 Å². The van der Waals surface area contributed by atoms with E-state index in [9.17, 15) is 13.6 Å². The van der Waals surface area contributed by atoms with Crippen LogP contribution in [-0.2, 0) is 4.74 Å². The molecule has 1 amide bonds. The summed E-state index contributed by atoms with van der Waals surface area (Å²) in [4.78, 5) is 11.0. The minimum Gasteiger partial charge on any atom is -0.494 e. The van der Waals surface area contributed by atoms with Gasteiger partial charge in [-0.25, -0.2) is 13.6 Å². The predicted molar refractivity (Wildman–Crippen MR) is 62.0 cm³/mol. The average Bonchev–Trinajstić information content (AvgIpc) is 2.29. The first-order valence-electron chi connectivity index (χ1n) is 5.08. The smallest absolute Gasteiger partial charge is 0.407 e. The first-order valence-corrected chi connectivity index (χ1v) is 5.08. The van der Waals surface area contributed by atoms with Gasteiger partial charge in [-0.1, -0.05) is 0 Å². The molecule has 0 aromatic heterocycles. The highest BCUT2D eigenvalue weighted by Gasteiger charge is 2.27. The molecule has 1 fully saturated rings. The molecule has 2 rings (SSSR count). The molecule has 0 aliphatic carbocycles. The highest BCUT2D eigenvalue weighted by Crippen LogP contribution is 2.30. The van der Waals surface area contributed by atoms with Crippen molar-refractivity contribution in [3.8, 4) is 5.75 Å². The van der Waals surface area contributed by atoms with E-state index >= 15 is 0 Å². The van der Waals surface area contributed by atoms with Crippen LogP contribution >= 0.6 is 12.4 Å². The molecule has 100 valence electrons. The number of carbonyl (C=O) groups is 1. The number of ether oxygens (including phenoxy) is 2. The molecular formula is C11H12ClF2NO3. The number of hydrogen-bond acceptors (Lipinski definition) is 3. The van der Waals surface area contributed by atoms with Gasteiger partial charge in [-0.05, 0) is 12.1 Å². The molecule has 1 aromatic rings. The Balaban J connectivity index is 0.00000162. The third-order valence-electron chi connectivity index (χ3n) is 2.59. The molecule has 0 bridgehead atoms. The van der Waals surface area contributed by atoms with Crippen LogP contribution in [0, 0.1) is 11.6 Å². The Morgan fingerprint density at radius 3 is 2.78 bits per heavy atom. The van der Waals surface area contributed by atoms with Crippen molar-refractivity contribution >= 4 is 18.5 Å². The van der Waals surface area contributed by atoms with Crippen LogP contribution < -0.4 is 10.1 Å². The Labute approximate surface area is 109 Å². The molecule has 0 radical (unpaired) electrons. The van der Waals surface area contributed by atoms with E-state index in [0.717, 1.165) is 6.07 Å². The number of methoxy groups -OCH3 is 1. The van der Waals surface area contributed by atoms with Crippen molar-refractivity contribution in [2.45, 2.75) is 12.5 Å². The highest BCUT2D eigenvalue weighted by molar-refractivity contribution is 5.85. The van der Waals surface area contributed by atoms with Gasteiger partial charge in [0.2, 0.25) is 0 Å². The number of cyclic esters (lactones) is 1. The van der Waals surface area contributed by atoms with Crippen molar-refractivity contribution in [3.63, 3.8) is 0 Å². The SMILES string of the molecule is COc1ccc(F)c([C@@H]2CCOC(=O)N2)c1F.Cl. The molecule has 1 atom stereocenters. The van der Waals surface area contributed by atoms with Gasteiger partial charge in [-0.3, -0.25) is 0 Å². The van der Waals surface area contributed by atoms with Crippen molar-refractivity contribution in [1.29, 1.82) is 0 Å². The Bertz CT molecular complexity index is 456. The lowest BCUT2D eigenvalue weighted by atomic mass is 10.0. The summed E-state index contributed by atoms with van der Waals surface area (Å²) in [5, 5.41) is 2.37. The molecule has 1 heterocycles. The number of alkyl carbamates (subject to hydrolysis) is 1. The molecule has 18 heavy (non-hydrogen) atoms. The van der Waals surface area contributed by atoms with E-state index in [1.165, 1.54) is 13.2 Å². The number of hydrogen-bond donors (Lipinski definition) is 1. The molecule has 1 aliphatic rings. The number of benzene rings is 1. The van der Waals surface area contributed by atoms with Crippen LogP contribution in [0.5, 0.6) is 5.75 Å². The molecule has 7 heteroatoms. The van der Waals surface area contributed by atoms with Gasteiger partial charge < -0.3 is 14.8 Å². The lowest BCUT2D eigenvalue weighted by molar-refractivity contribution is 0.114. The fourth-order valence-corrected chi connectivity index (χ4v) is 1.77. The van der Waals surface area contributed by atoms with E-state index in [0.29, 0.717) is 6.42 Å². The first-order chi connectivity index (χ1) is 8.13. The summed E-state index contributed by atoms with van der Waals surface area (Å²) in [5.74, 6) is -1.56. The molecule has 1 saturated heterocycles. The van der Waals surface area contributed by atoms with Gasteiger partial charge in [-0.2, -0.15) is 0 Å². The van der Waals surface area contributed by atoms with Gasteiger partial charge in [0.1, 0.15) is 5.82 Å². The van der Waals surface area contributed by atoms with Gasteiger partial charge in [-0.15, -0.1) is 12.4 Å². The van der Waals surface area contributed by atoms with E-state index in [1.807, 2.05) is 0 Å². The average molecular weight is 280 g/mol. The molecular weight excluding hydrogens is 268 g/mol. The van der Waals surface area contributed by atoms with E-state index in [-0.39, 0.29) is 30.3 Å². The van der Waals surface area contributed by atoms with E-state index in [2.05, 4.69) is 10.1 Å². The quantitative estimate of drug-likeness (QED) is 0.905. The summed E-state index contributed by atoms with van der Waals surface area (Å²) >= 11 is 0. The topological polar surface area (TPSA) is 47.6 Å². The lowest BCUT2D eigenvalue weighted by Crippen LogP contribution is -2.36. The maximum absolute atomic E-state index is 13.9. The van der Waals surface area contributed by atoms with Gasteiger partial charge in [0.25, 0.3) is 0 Å². The molecule has 0 spiro atoms. The van der Waals surface area contributed by atoms with Crippen molar-refractivity contribution in [2.24, 2.45) is 0 Å². The predicted octanol–water partition coefficient (Wildman–Crippen LogP) is 2.57. The largest absolute Gasteiger partial charge is 0.494 e. The molecule has 1 aromatic carbocycles. The summed E-state index contributed by atoms with van der Waals surface area (Å²) in [6, 6.07) is 1.58. The Hall–Kier alpha value is -1.56. The van der Waals surface area contributed by atoms with E-state index in [1.54, 1.807) is 0 Å². The summed E-state index contributed by atoms with van der Waals surface area (Å²) in [6.07, 6.45) is -0.366. The van der Waals surface area contributed by atoms with Crippen LogP contribution in [0.3, 0.4) is 0 Å². The van der Waals surface area contributed by atoms with Gasteiger partial charge in [0, 0.05) is 12.0 Å². The highest BCUT2D eigenvalue weighted by atomic mass is 35.5. The standard InChI is InChI=1S/C11H11F2NO3.ClH/c1-16-8-3-2-6(12)9(10(8)13)7-4-5-17-11(15)14-7;/h2-3,7H,4-5H2,1H3,(H,14,15);1H/t7-;/m0./s1. The van der Waals surface area contributed by atoms with Crippen LogP contribution in [0.1, 0.15) is 18.0 Å². The second-order valence-corrected chi connectivity index (χ2v) is 3.60. The third-order valence-corrected chi connectivity index (χ3v) is 2.59. The Morgan fingerprint density at radius 2 is 2.17 bits per heavy atom. The zero-order valence-corrected chi connectivity index (χ0v) is 10.4. The fourth-order valence-electron chi connectivity index (χ4n) is 1.77. The summed E-state index contributed by atoms with van der Waals surface area (Å²) in [6.45, 7) is 0.132. The number of amides is 1.